The molecular weight excluding hydrogens is 243 g/mol. The predicted molar refractivity (Wildman–Crippen MR) is 65.7 cm³/mol. The summed E-state index contributed by atoms with van der Waals surface area (Å²) in [6.45, 7) is 6.96. The third-order valence-electron chi connectivity index (χ3n) is 2.64. The quantitative estimate of drug-likeness (QED) is 0.436. The van der Waals surface area contributed by atoms with Crippen LogP contribution in [0.5, 0.6) is 0 Å². The van der Waals surface area contributed by atoms with Gasteiger partial charge in [-0.25, -0.2) is 4.79 Å². The van der Waals surface area contributed by atoms with Crippen molar-refractivity contribution in [2.45, 2.75) is 46.2 Å². The van der Waals surface area contributed by atoms with E-state index < -0.39 is 19.2 Å². The smallest absolute Gasteiger partial charge is 0.333 e. The molecular formula is C11H21O5P. The zero-order valence-electron chi connectivity index (χ0n) is 10.8. The molecule has 1 atom stereocenters. The van der Waals surface area contributed by atoms with Gasteiger partial charge in [0.25, 0.3) is 0 Å². The zero-order chi connectivity index (χ0) is 13.6. The minimum Gasteiger partial charge on any atom is -0.463 e. The number of allylic oxidation sites excluding steroid dienone is 1. The fourth-order valence-electron chi connectivity index (χ4n) is 1.81. The molecule has 0 aromatic carbocycles. The van der Waals surface area contributed by atoms with E-state index >= 15 is 0 Å². The third-order valence-corrected chi connectivity index (χ3v) is 4.13. The summed E-state index contributed by atoms with van der Waals surface area (Å²) in [6.07, 6.45) is 0.721. The highest BCUT2D eigenvalue weighted by atomic mass is 31.2. The molecule has 0 radical (unpaired) electrons. The summed E-state index contributed by atoms with van der Waals surface area (Å²) < 4.78 is 16.2. The van der Waals surface area contributed by atoms with Gasteiger partial charge in [-0.1, -0.05) is 13.8 Å². The maximum Gasteiger partial charge on any atom is 0.333 e. The molecule has 6 heteroatoms. The van der Waals surface area contributed by atoms with Crippen LogP contribution in [0.3, 0.4) is 0 Å². The van der Waals surface area contributed by atoms with Crippen molar-refractivity contribution >= 4 is 13.6 Å². The van der Waals surface area contributed by atoms with Crippen LogP contribution in [-0.2, 0) is 14.1 Å². The Morgan fingerprint density at radius 2 is 1.82 bits per heavy atom. The molecule has 0 bridgehead atoms. The minimum atomic E-state index is -4.23. The van der Waals surface area contributed by atoms with Crippen molar-refractivity contribution in [1.82, 2.24) is 0 Å². The van der Waals surface area contributed by atoms with Crippen molar-refractivity contribution in [1.29, 1.82) is 0 Å². The molecule has 0 heterocycles. The SMILES string of the molecule is CCOC(=O)C(C)=C(CC)C(CC)P(=O)(O)O. The van der Waals surface area contributed by atoms with Gasteiger partial charge in [-0.2, -0.15) is 0 Å². The molecule has 0 aliphatic heterocycles. The molecule has 2 N–H and O–H groups in total. The lowest BCUT2D eigenvalue weighted by molar-refractivity contribution is -0.138. The van der Waals surface area contributed by atoms with E-state index in [0.29, 0.717) is 24.0 Å². The normalized spacial score (nSPS) is 15.2. The summed E-state index contributed by atoms with van der Waals surface area (Å²) in [5.41, 5.74) is -0.0966. The largest absolute Gasteiger partial charge is 0.463 e. The molecule has 5 nitrogen and oxygen atoms in total. The highest BCUT2D eigenvalue weighted by Crippen LogP contribution is 2.48. The van der Waals surface area contributed by atoms with E-state index in [1.54, 1.807) is 27.7 Å². The molecule has 0 saturated heterocycles. The van der Waals surface area contributed by atoms with Crippen LogP contribution in [0, 0.1) is 0 Å². The summed E-state index contributed by atoms with van der Waals surface area (Å²) in [4.78, 5) is 30.1. The molecule has 1 unspecified atom stereocenters. The van der Waals surface area contributed by atoms with Crippen molar-refractivity contribution in [3.8, 4) is 0 Å². The lowest BCUT2D eigenvalue weighted by Gasteiger charge is -2.21. The number of ether oxygens (including phenoxy) is 1. The van der Waals surface area contributed by atoms with E-state index in [-0.39, 0.29) is 6.61 Å². The first-order chi connectivity index (χ1) is 7.79. The van der Waals surface area contributed by atoms with Gasteiger partial charge in [0.2, 0.25) is 0 Å². The maximum absolute atomic E-state index is 11.6. The Morgan fingerprint density at radius 1 is 1.29 bits per heavy atom. The summed E-state index contributed by atoms with van der Waals surface area (Å²) in [7, 11) is -4.23. The second kappa shape index (κ2) is 6.94. The molecule has 0 fully saturated rings. The first kappa shape index (κ1) is 16.4. The predicted octanol–water partition coefficient (Wildman–Crippen LogP) is 2.23. The van der Waals surface area contributed by atoms with E-state index in [1.807, 2.05) is 0 Å². The topological polar surface area (TPSA) is 83.8 Å². The number of rotatable bonds is 6. The second-order valence-electron chi connectivity index (χ2n) is 3.74. The Kier molecular flexibility index (Phi) is 6.68. The fourth-order valence-corrected chi connectivity index (χ4v) is 3.07. The molecule has 0 saturated carbocycles. The van der Waals surface area contributed by atoms with Crippen LogP contribution in [0.15, 0.2) is 11.1 Å². The van der Waals surface area contributed by atoms with Crippen LogP contribution in [0.25, 0.3) is 0 Å². The zero-order valence-corrected chi connectivity index (χ0v) is 11.7. The Labute approximate surface area is 102 Å². The number of esters is 1. The summed E-state index contributed by atoms with van der Waals surface area (Å²) >= 11 is 0. The molecule has 0 aromatic rings. The molecule has 0 aliphatic carbocycles. The van der Waals surface area contributed by atoms with Crippen LogP contribution in [-0.4, -0.2) is 28.0 Å². The van der Waals surface area contributed by atoms with Crippen molar-refractivity contribution in [3.05, 3.63) is 11.1 Å². The first-order valence-corrected chi connectivity index (χ1v) is 7.39. The van der Waals surface area contributed by atoms with Crippen molar-refractivity contribution in [2.24, 2.45) is 0 Å². The Hall–Kier alpha value is -0.640. The number of carbonyl (C=O) groups is 1. The number of carbonyl (C=O) groups excluding carboxylic acids is 1. The van der Waals surface area contributed by atoms with Gasteiger partial charge in [-0.15, -0.1) is 0 Å². The van der Waals surface area contributed by atoms with Gasteiger partial charge in [0, 0.05) is 5.57 Å². The number of hydrogen-bond acceptors (Lipinski definition) is 3. The van der Waals surface area contributed by atoms with Gasteiger partial charge in [0.1, 0.15) is 0 Å². The monoisotopic (exact) mass is 264 g/mol. The summed E-state index contributed by atoms with van der Waals surface area (Å²) in [6, 6.07) is 0. The van der Waals surface area contributed by atoms with Crippen LogP contribution in [0.4, 0.5) is 0 Å². The Bertz CT molecular complexity index is 342. The van der Waals surface area contributed by atoms with Crippen LogP contribution < -0.4 is 0 Å². The van der Waals surface area contributed by atoms with Gasteiger partial charge < -0.3 is 14.5 Å². The molecule has 0 rings (SSSR count). The lowest BCUT2D eigenvalue weighted by Crippen LogP contribution is -2.16. The third kappa shape index (κ3) is 4.62. The van der Waals surface area contributed by atoms with E-state index in [1.165, 1.54) is 0 Å². The number of hydrogen-bond donors (Lipinski definition) is 2. The van der Waals surface area contributed by atoms with E-state index in [0.717, 1.165) is 0 Å². The lowest BCUT2D eigenvalue weighted by atomic mass is 10.0. The average Bonchev–Trinajstić information content (AvgIpc) is 2.23. The first-order valence-electron chi connectivity index (χ1n) is 5.71. The molecule has 0 aromatic heterocycles. The average molecular weight is 264 g/mol. The maximum atomic E-state index is 11.6. The molecule has 0 aliphatic rings. The highest BCUT2D eigenvalue weighted by Gasteiger charge is 2.32. The molecule has 0 amide bonds. The van der Waals surface area contributed by atoms with E-state index in [4.69, 9.17) is 4.74 Å². The summed E-state index contributed by atoms with van der Waals surface area (Å²) in [5, 5.41) is 0. The highest BCUT2D eigenvalue weighted by molar-refractivity contribution is 7.52. The molecule has 0 spiro atoms. The van der Waals surface area contributed by atoms with Gasteiger partial charge in [-0.05, 0) is 32.3 Å². The van der Waals surface area contributed by atoms with E-state index in [2.05, 4.69) is 0 Å². The molecule has 100 valence electrons. The molecule has 17 heavy (non-hydrogen) atoms. The standard InChI is InChI=1S/C11H21O5P/c1-5-9(8(4)11(12)16-7-3)10(6-2)17(13,14)15/h10H,5-7H2,1-4H3,(H2,13,14,15). The van der Waals surface area contributed by atoms with Crippen LogP contribution in [0.2, 0.25) is 0 Å². The second-order valence-corrected chi connectivity index (χ2v) is 5.54. The van der Waals surface area contributed by atoms with Gasteiger partial charge in [-0.3, -0.25) is 4.57 Å². The van der Waals surface area contributed by atoms with Crippen LogP contribution in [0.1, 0.15) is 40.5 Å². The van der Waals surface area contributed by atoms with Gasteiger partial charge in [0.15, 0.2) is 0 Å². The van der Waals surface area contributed by atoms with Crippen molar-refractivity contribution < 1.29 is 23.9 Å². The van der Waals surface area contributed by atoms with Crippen molar-refractivity contribution in [3.63, 3.8) is 0 Å². The Morgan fingerprint density at radius 3 is 2.12 bits per heavy atom. The van der Waals surface area contributed by atoms with E-state index in [9.17, 15) is 19.1 Å². The Balaban J connectivity index is 5.35. The minimum absolute atomic E-state index is 0.250. The van der Waals surface area contributed by atoms with Gasteiger partial charge >= 0.3 is 13.6 Å². The van der Waals surface area contributed by atoms with Crippen LogP contribution >= 0.6 is 7.60 Å². The van der Waals surface area contributed by atoms with Gasteiger partial charge in [0.05, 0.1) is 12.3 Å². The summed E-state index contributed by atoms with van der Waals surface area (Å²) in [5.74, 6) is -0.503. The fraction of sp³-hybridized carbons (Fsp3) is 0.727. The van der Waals surface area contributed by atoms with Crippen molar-refractivity contribution in [2.75, 3.05) is 6.61 Å².